The first-order valence-corrected chi connectivity index (χ1v) is 13.1. The maximum Gasteiger partial charge on any atom is 0.306 e. The van der Waals surface area contributed by atoms with Crippen molar-refractivity contribution in [2.24, 2.45) is 0 Å². The van der Waals surface area contributed by atoms with Gasteiger partial charge in [-0.25, -0.2) is 0 Å². The highest BCUT2D eigenvalue weighted by Gasteiger charge is 2.14. The molecule has 3 rings (SSSR count). The molecule has 0 aliphatic carbocycles. The molecule has 0 bridgehead atoms. The van der Waals surface area contributed by atoms with Crippen molar-refractivity contribution in [3.8, 4) is 11.5 Å². The fourth-order valence-corrected chi connectivity index (χ4v) is 4.11. The van der Waals surface area contributed by atoms with Gasteiger partial charge in [0, 0.05) is 25.9 Å². The maximum atomic E-state index is 11.4. The van der Waals surface area contributed by atoms with Gasteiger partial charge in [-0.15, -0.1) is 0 Å². The van der Waals surface area contributed by atoms with E-state index in [1.54, 1.807) is 31.2 Å². The molecule has 7 nitrogen and oxygen atoms in total. The van der Waals surface area contributed by atoms with E-state index in [2.05, 4.69) is 0 Å². The first-order valence-electron chi connectivity index (χ1n) is 11.3. The van der Waals surface area contributed by atoms with E-state index in [9.17, 15) is 18.3 Å². The Morgan fingerprint density at radius 3 is 2.26 bits per heavy atom. The topological polar surface area (TPSA) is 102 Å². The quantitative estimate of drug-likeness (QED) is 0.335. The smallest absolute Gasteiger partial charge is 0.306 e. The Balaban J connectivity index is 1.71. The van der Waals surface area contributed by atoms with Crippen LogP contribution in [0.2, 0.25) is 0 Å². The summed E-state index contributed by atoms with van der Waals surface area (Å²) >= 11 is 0. The Kier molecular flexibility index (Phi) is 9.28. The monoisotopic (exact) mass is 497 g/mol. The summed E-state index contributed by atoms with van der Waals surface area (Å²) in [5.41, 5.74) is 3.85. The van der Waals surface area contributed by atoms with Crippen LogP contribution >= 0.6 is 0 Å². The lowest BCUT2D eigenvalue weighted by atomic mass is 9.99. The van der Waals surface area contributed by atoms with E-state index >= 15 is 0 Å². The number of carbonyl (C=O) groups excluding carboxylic acids is 1. The zero-order valence-corrected chi connectivity index (χ0v) is 20.6. The summed E-state index contributed by atoms with van der Waals surface area (Å²) in [6, 6.07) is 22.4. The third kappa shape index (κ3) is 8.73. The highest BCUT2D eigenvalue weighted by molar-refractivity contribution is 7.86. The second kappa shape index (κ2) is 12.4. The molecular weight excluding hydrogens is 468 g/mol. The number of hydrogen-bond donors (Lipinski definition) is 0. The SMILES string of the molecule is CCOC(Cc1ccc(OCCc2ccc(OS(C)(=O)=O)cc2)c(Cc2ccccc2)c1)C(=O)[O-]. The van der Waals surface area contributed by atoms with Crippen LogP contribution in [-0.2, 0) is 38.9 Å². The van der Waals surface area contributed by atoms with Crippen molar-refractivity contribution in [1.29, 1.82) is 0 Å². The molecule has 0 saturated heterocycles. The fourth-order valence-electron chi connectivity index (χ4n) is 3.65. The zero-order valence-electron chi connectivity index (χ0n) is 19.8. The Morgan fingerprint density at radius 1 is 0.943 bits per heavy atom. The fraction of sp³-hybridized carbons (Fsp3) is 0.296. The molecule has 3 aromatic carbocycles. The van der Waals surface area contributed by atoms with E-state index in [0.29, 0.717) is 19.4 Å². The van der Waals surface area contributed by atoms with E-state index in [0.717, 1.165) is 34.3 Å². The number of ether oxygens (including phenoxy) is 2. The summed E-state index contributed by atoms with van der Waals surface area (Å²) in [5, 5.41) is 11.4. The third-order valence-electron chi connectivity index (χ3n) is 5.23. The van der Waals surface area contributed by atoms with Gasteiger partial charge >= 0.3 is 10.1 Å². The standard InChI is InChI=1S/C27H30O7S/c1-3-32-26(27(28)29)19-22-11-14-25(23(18-22)17-21-7-5-4-6-8-21)33-16-15-20-9-12-24(13-10-20)34-35(2,30)31/h4-14,18,26H,3,15-17,19H2,1-2H3,(H,28,29)/p-1. The first kappa shape index (κ1) is 26.2. The predicted molar refractivity (Wildman–Crippen MR) is 131 cm³/mol. The minimum absolute atomic E-state index is 0.208. The van der Waals surface area contributed by atoms with E-state index in [-0.39, 0.29) is 18.8 Å². The normalized spacial score (nSPS) is 12.2. The Hall–Kier alpha value is -3.36. The summed E-state index contributed by atoms with van der Waals surface area (Å²) < 4.78 is 38.8. The summed E-state index contributed by atoms with van der Waals surface area (Å²) in [4.78, 5) is 11.4. The Bertz CT molecular complexity index is 1210. The van der Waals surface area contributed by atoms with Crippen LogP contribution in [0, 0.1) is 0 Å². The van der Waals surface area contributed by atoms with Gasteiger partial charge in [0.25, 0.3) is 0 Å². The lowest BCUT2D eigenvalue weighted by Gasteiger charge is -2.19. The minimum atomic E-state index is -3.56. The third-order valence-corrected chi connectivity index (χ3v) is 5.73. The largest absolute Gasteiger partial charge is 0.547 e. The number of aliphatic carboxylic acids is 1. The average Bonchev–Trinajstić information content (AvgIpc) is 2.81. The van der Waals surface area contributed by atoms with Crippen LogP contribution in [0.5, 0.6) is 11.5 Å². The molecule has 35 heavy (non-hydrogen) atoms. The summed E-state index contributed by atoms with van der Waals surface area (Å²) in [6.45, 7) is 2.45. The molecular formula is C27H29O7S-. The van der Waals surface area contributed by atoms with Gasteiger partial charge in [-0.2, -0.15) is 8.42 Å². The van der Waals surface area contributed by atoms with Crippen LogP contribution in [0.15, 0.2) is 72.8 Å². The second-order valence-corrected chi connectivity index (χ2v) is 9.68. The van der Waals surface area contributed by atoms with Crippen molar-refractivity contribution in [3.05, 3.63) is 95.1 Å². The van der Waals surface area contributed by atoms with Gasteiger partial charge in [-0.3, -0.25) is 0 Å². The lowest BCUT2D eigenvalue weighted by molar-refractivity contribution is -0.316. The van der Waals surface area contributed by atoms with Gasteiger partial charge < -0.3 is 23.6 Å². The number of carboxylic acid groups (broad SMARTS) is 1. The first-order chi connectivity index (χ1) is 16.7. The molecule has 0 saturated carbocycles. The van der Waals surface area contributed by atoms with Gasteiger partial charge in [0.05, 0.1) is 18.8 Å². The molecule has 186 valence electrons. The summed E-state index contributed by atoms with van der Waals surface area (Å²) in [6.07, 6.45) is 1.45. The predicted octanol–water partition coefficient (Wildman–Crippen LogP) is 2.93. The highest BCUT2D eigenvalue weighted by Crippen LogP contribution is 2.25. The molecule has 0 radical (unpaired) electrons. The van der Waals surface area contributed by atoms with Gasteiger partial charge in [0.2, 0.25) is 0 Å². The maximum absolute atomic E-state index is 11.4. The van der Waals surface area contributed by atoms with Crippen molar-refractivity contribution < 1.29 is 32.0 Å². The molecule has 0 aromatic heterocycles. The number of carboxylic acids is 1. The van der Waals surface area contributed by atoms with Crippen LogP contribution in [0.3, 0.4) is 0 Å². The molecule has 0 heterocycles. The summed E-state index contributed by atoms with van der Waals surface area (Å²) in [5.74, 6) is -0.249. The van der Waals surface area contributed by atoms with E-state index in [1.807, 2.05) is 48.5 Å². The molecule has 1 unspecified atom stereocenters. The van der Waals surface area contributed by atoms with Crippen molar-refractivity contribution >= 4 is 16.1 Å². The average molecular weight is 498 g/mol. The van der Waals surface area contributed by atoms with Crippen LogP contribution in [0.1, 0.15) is 29.2 Å². The van der Waals surface area contributed by atoms with Crippen LogP contribution in [0.4, 0.5) is 0 Å². The molecule has 0 fully saturated rings. The molecule has 8 heteroatoms. The van der Waals surface area contributed by atoms with Crippen molar-refractivity contribution in [2.45, 2.75) is 32.3 Å². The van der Waals surface area contributed by atoms with Crippen molar-refractivity contribution in [1.82, 2.24) is 0 Å². The summed E-state index contributed by atoms with van der Waals surface area (Å²) in [7, 11) is -3.56. The van der Waals surface area contributed by atoms with Crippen LogP contribution in [0.25, 0.3) is 0 Å². The van der Waals surface area contributed by atoms with Gasteiger partial charge in [-0.1, -0.05) is 54.6 Å². The van der Waals surface area contributed by atoms with E-state index in [4.69, 9.17) is 13.7 Å². The van der Waals surface area contributed by atoms with Crippen LogP contribution < -0.4 is 14.0 Å². The lowest BCUT2D eigenvalue weighted by Crippen LogP contribution is -2.39. The van der Waals surface area contributed by atoms with Crippen molar-refractivity contribution in [2.75, 3.05) is 19.5 Å². The Labute approximate surface area is 206 Å². The number of benzene rings is 3. The molecule has 0 aliphatic rings. The van der Waals surface area contributed by atoms with Gasteiger partial charge in [0.1, 0.15) is 17.6 Å². The number of hydrogen-bond acceptors (Lipinski definition) is 7. The highest BCUT2D eigenvalue weighted by atomic mass is 32.2. The molecule has 0 N–H and O–H groups in total. The van der Waals surface area contributed by atoms with E-state index in [1.165, 1.54) is 0 Å². The second-order valence-electron chi connectivity index (χ2n) is 8.10. The number of carbonyl (C=O) groups is 1. The molecule has 3 aromatic rings. The molecule has 1 atom stereocenters. The Morgan fingerprint density at radius 2 is 1.63 bits per heavy atom. The van der Waals surface area contributed by atoms with Crippen LogP contribution in [-0.4, -0.2) is 40.0 Å². The molecule has 0 amide bonds. The molecule has 0 spiro atoms. The van der Waals surface area contributed by atoms with E-state index < -0.39 is 22.2 Å². The number of rotatable bonds is 13. The zero-order chi connectivity index (χ0) is 25.3. The van der Waals surface area contributed by atoms with Crippen molar-refractivity contribution in [3.63, 3.8) is 0 Å². The molecule has 0 aliphatic heterocycles. The minimum Gasteiger partial charge on any atom is -0.547 e. The van der Waals surface area contributed by atoms with Gasteiger partial charge in [0.15, 0.2) is 0 Å². The van der Waals surface area contributed by atoms with Gasteiger partial charge in [-0.05, 0) is 47.4 Å².